The molecule has 2 fully saturated rings. The van der Waals surface area contributed by atoms with Gasteiger partial charge in [-0.15, -0.1) is 0 Å². The van der Waals surface area contributed by atoms with Crippen LogP contribution in [0.4, 0.5) is 0 Å². The Morgan fingerprint density at radius 2 is 1.89 bits per heavy atom. The second kappa shape index (κ2) is 6.88. The van der Waals surface area contributed by atoms with Crippen LogP contribution in [0, 0.1) is 0 Å². The normalized spacial score (nSPS) is 35.0. The average molecular weight is 254 g/mol. The topological polar surface area (TPSA) is 24.5 Å². The first-order valence-corrected chi connectivity index (χ1v) is 7.74. The minimum atomic E-state index is 0.474. The third-order valence-corrected chi connectivity index (χ3v) is 4.73. The van der Waals surface area contributed by atoms with E-state index in [1.165, 1.54) is 44.9 Å². The Morgan fingerprint density at radius 3 is 2.39 bits per heavy atom. The third-order valence-electron chi connectivity index (χ3n) is 4.73. The summed E-state index contributed by atoms with van der Waals surface area (Å²) in [5.41, 5.74) is 0. The molecule has 0 bridgehead atoms. The summed E-state index contributed by atoms with van der Waals surface area (Å²) in [5.74, 6) is 0. The highest BCUT2D eigenvalue weighted by atomic mass is 16.5. The second-order valence-electron chi connectivity index (χ2n) is 6.20. The molecule has 2 atom stereocenters. The molecule has 0 aromatic carbocycles. The highest BCUT2D eigenvalue weighted by Gasteiger charge is 2.29. The fourth-order valence-corrected chi connectivity index (χ4v) is 3.47. The Morgan fingerprint density at radius 1 is 1.17 bits per heavy atom. The zero-order valence-electron chi connectivity index (χ0n) is 12.3. The number of ether oxygens (including phenoxy) is 1. The van der Waals surface area contributed by atoms with Crippen LogP contribution in [0.5, 0.6) is 0 Å². The number of nitrogens with one attached hydrogen (secondary N) is 1. The van der Waals surface area contributed by atoms with Gasteiger partial charge in [0.15, 0.2) is 0 Å². The molecule has 1 saturated carbocycles. The standard InChI is InChI=1S/C15H30N2O/c1-4-14(15-6-5-11-18-15)16-12-7-9-13(10-8-12)17(2)3/h12-16H,4-11H2,1-3H3/t12?,13?,14-,15-/m1/s1. The van der Waals surface area contributed by atoms with Crippen molar-refractivity contribution in [1.82, 2.24) is 10.2 Å². The molecule has 2 aliphatic rings. The molecule has 1 N–H and O–H groups in total. The highest BCUT2D eigenvalue weighted by molar-refractivity contribution is 4.86. The number of nitrogens with zero attached hydrogens (tertiary/aromatic N) is 1. The lowest BCUT2D eigenvalue weighted by Gasteiger charge is -2.36. The van der Waals surface area contributed by atoms with E-state index in [1.54, 1.807) is 0 Å². The molecular formula is C15H30N2O. The first kappa shape index (κ1) is 14.3. The SMILES string of the molecule is CC[C@@H](NC1CCC(N(C)C)CC1)[C@H]1CCCO1. The molecule has 106 valence electrons. The minimum absolute atomic E-state index is 0.474. The van der Waals surface area contributed by atoms with E-state index in [4.69, 9.17) is 4.74 Å². The Balaban J connectivity index is 1.75. The maximum Gasteiger partial charge on any atom is 0.0728 e. The van der Waals surface area contributed by atoms with Crippen LogP contribution in [0.15, 0.2) is 0 Å². The van der Waals surface area contributed by atoms with Crippen molar-refractivity contribution in [2.24, 2.45) is 0 Å². The van der Waals surface area contributed by atoms with Crippen molar-refractivity contribution in [2.45, 2.75) is 76.1 Å². The van der Waals surface area contributed by atoms with Gasteiger partial charge < -0.3 is 15.0 Å². The second-order valence-corrected chi connectivity index (χ2v) is 6.20. The summed E-state index contributed by atoms with van der Waals surface area (Å²) in [6, 6.07) is 2.09. The molecule has 2 rings (SSSR count). The van der Waals surface area contributed by atoms with E-state index in [2.05, 4.69) is 31.2 Å². The van der Waals surface area contributed by atoms with Crippen LogP contribution in [0.25, 0.3) is 0 Å². The van der Waals surface area contributed by atoms with Crippen molar-refractivity contribution in [3.63, 3.8) is 0 Å². The Labute approximate surface area is 112 Å². The minimum Gasteiger partial charge on any atom is -0.377 e. The predicted octanol–water partition coefficient (Wildman–Crippen LogP) is 2.41. The van der Waals surface area contributed by atoms with Gasteiger partial charge >= 0.3 is 0 Å². The molecule has 18 heavy (non-hydrogen) atoms. The van der Waals surface area contributed by atoms with Crippen molar-refractivity contribution >= 4 is 0 Å². The average Bonchev–Trinajstić information content (AvgIpc) is 2.90. The van der Waals surface area contributed by atoms with E-state index in [-0.39, 0.29) is 0 Å². The monoisotopic (exact) mass is 254 g/mol. The summed E-state index contributed by atoms with van der Waals surface area (Å²) in [6.45, 7) is 3.25. The van der Waals surface area contributed by atoms with Gasteiger partial charge in [0.05, 0.1) is 6.10 Å². The van der Waals surface area contributed by atoms with Crippen molar-refractivity contribution in [1.29, 1.82) is 0 Å². The smallest absolute Gasteiger partial charge is 0.0728 e. The van der Waals surface area contributed by atoms with E-state index >= 15 is 0 Å². The van der Waals surface area contributed by atoms with Gasteiger partial charge in [-0.05, 0) is 59.0 Å². The zero-order valence-corrected chi connectivity index (χ0v) is 12.3. The van der Waals surface area contributed by atoms with Gasteiger partial charge in [0.2, 0.25) is 0 Å². The fraction of sp³-hybridized carbons (Fsp3) is 1.00. The predicted molar refractivity (Wildman–Crippen MR) is 75.9 cm³/mol. The van der Waals surface area contributed by atoms with Crippen LogP contribution in [-0.4, -0.2) is 49.8 Å². The lowest BCUT2D eigenvalue weighted by molar-refractivity contribution is 0.0682. The number of hydrogen-bond acceptors (Lipinski definition) is 3. The molecule has 0 aromatic rings. The molecule has 0 unspecified atom stereocenters. The summed E-state index contributed by atoms with van der Waals surface area (Å²) in [6.07, 6.45) is 9.49. The van der Waals surface area contributed by atoms with Crippen LogP contribution in [0.2, 0.25) is 0 Å². The van der Waals surface area contributed by atoms with E-state index in [1.807, 2.05) is 0 Å². The molecule has 3 heteroatoms. The summed E-state index contributed by atoms with van der Waals surface area (Å²) in [7, 11) is 4.42. The lowest BCUT2D eigenvalue weighted by Crippen LogP contribution is -2.47. The summed E-state index contributed by atoms with van der Waals surface area (Å²) in [5, 5.41) is 3.86. The Bertz CT molecular complexity index is 231. The van der Waals surface area contributed by atoms with Crippen LogP contribution < -0.4 is 5.32 Å². The molecule has 1 saturated heterocycles. The summed E-state index contributed by atoms with van der Waals surface area (Å²) >= 11 is 0. The van der Waals surface area contributed by atoms with Gasteiger partial charge in [-0.3, -0.25) is 0 Å². The molecule has 3 nitrogen and oxygen atoms in total. The van der Waals surface area contributed by atoms with E-state index < -0.39 is 0 Å². The molecule has 1 heterocycles. The van der Waals surface area contributed by atoms with Gasteiger partial charge in [0, 0.05) is 24.7 Å². The first-order valence-electron chi connectivity index (χ1n) is 7.74. The van der Waals surface area contributed by atoms with Crippen LogP contribution in [0.3, 0.4) is 0 Å². The molecular weight excluding hydrogens is 224 g/mol. The van der Waals surface area contributed by atoms with Crippen LogP contribution in [0.1, 0.15) is 51.9 Å². The zero-order chi connectivity index (χ0) is 13.0. The first-order chi connectivity index (χ1) is 8.70. The van der Waals surface area contributed by atoms with Crippen molar-refractivity contribution in [3.05, 3.63) is 0 Å². The molecule has 1 aliphatic heterocycles. The van der Waals surface area contributed by atoms with Gasteiger partial charge in [-0.2, -0.15) is 0 Å². The van der Waals surface area contributed by atoms with Crippen molar-refractivity contribution in [2.75, 3.05) is 20.7 Å². The molecule has 0 amide bonds. The molecule has 1 aliphatic carbocycles. The maximum atomic E-state index is 5.84. The quantitative estimate of drug-likeness (QED) is 0.815. The molecule has 0 spiro atoms. The van der Waals surface area contributed by atoms with E-state index in [0.29, 0.717) is 12.1 Å². The number of hydrogen-bond donors (Lipinski definition) is 1. The Kier molecular flexibility index (Phi) is 5.46. The summed E-state index contributed by atoms with van der Waals surface area (Å²) < 4.78 is 5.84. The largest absolute Gasteiger partial charge is 0.377 e. The third kappa shape index (κ3) is 3.69. The fourth-order valence-electron chi connectivity index (χ4n) is 3.47. The lowest BCUT2D eigenvalue weighted by atomic mass is 9.89. The van der Waals surface area contributed by atoms with Gasteiger partial charge in [-0.1, -0.05) is 6.92 Å². The van der Waals surface area contributed by atoms with Gasteiger partial charge in [-0.25, -0.2) is 0 Å². The van der Waals surface area contributed by atoms with Gasteiger partial charge in [0.1, 0.15) is 0 Å². The molecule has 0 radical (unpaired) electrons. The van der Waals surface area contributed by atoms with Crippen LogP contribution >= 0.6 is 0 Å². The van der Waals surface area contributed by atoms with Crippen LogP contribution in [-0.2, 0) is 4.74 Å². The maximum absolute atomic E-state index is 5.84. The summed E-state index contributed by atoms with van der Waals surface area (Å²) in [4.78, 5) is 2.38. The van der Waals surface area contributed by atoms with Crippen molar-refractivity contribution in [3.8, 4) is 0 Å². The van der Waals surface area contributed by atoms with Crippen molar-refractivity contribution < 1.29 is 4.74 Å². The molecule has 0 aromatic heterocycles. The highest BCUT2D eigenvalue weighted by Crippen LogP contribution is 2.24. The van der Waals surface area contributed by atoms with E-state index in [0.717, 1.165) is 18.7 Å². The van der Waals surface area contributed by atoms with E-state index in [9.17, 15) is 0 Å². The van der Waals surface area contributed by atoms with Gasteiger partial charge in [0.25, 0.3) is 0 Å². The Hall–Kier alpha value is -0.120. The number of rotatable bonds is 5.